The van der Waals surface area contributed by atoms with Gasteiger partial charge in [0.05, 0.1) is 11.4 Å². The zero-order valence-corrected chi connectivity index (χ0v) is 12.3. The third-order valence-electron chi connectivity index (χ3n) is 3.58. The van der Waals surface area contributed by atoms with Crippen LogP contribution in [0, 0.1) is 6.92 Å². The summed E-state index contributed by atoms with van der Waals surface area (Å²) in [4.78, 5) is 4.62. The second-order valence-electron chi connectivity index (χ2n) is 5.34. The highest BCUT2D eigenvalue weighted by Gasteiger charge is 2.12. The van der Waals surface area contributed by atoms with E-state index in [-0.39, 0.29) is 0 Å². The average molecular weight is 257 g/mol. The number of nitrogens with zero attached hydrogens (tertiary/aromatic N) is 2. The van der Waals surface area contributed by atoms with Gasteiger partial charge in [0, 0.05) is 19.0 Å². The van der Waals surface area contributed by atoms with Crippen molar-refractivity contribution in [1.29, 1.82) is 0 Å². The number of aromatic nitrogens is 2. The van der Waals surface area contributed by atoms with Gasteiger partial charge in [-0.15, -0.1) is 0 Å². The first-order valence-corrected chi connectivity index (χ1v) is 6.87. The van der Waals surface area contributed by atoms with Crippen molar-refractivity contribution < 1.29 is 0 Å². The predicted octanol–water partition coefficient (Wildman–Crippen LogP) is 3.02. The van der Waals surface area contributed by atoms with Crippen LogP contribution in [-0.4, -0.2) is 16.1 Å². The monoisotopic (exact) mass is 257 g/mol. The molecule has 2 N–H and O–H groups in total. The third kappa shape index (κ3) is 2.71. The minimum absolute atomic E-state index is 0.564. The molecule has 19 heavy (non-hydrogen) atoms. The molecular formula is C16H23N3. The summed E-state index contributed by atoms with van der Waals surface area (Å²) < 4.78 is 2.16. The Hall–Kier alpha value is -1.61. The van der Waals surface area contributed by atoms with Gasteiger partial charge in [0.1, 0.15) is 5.82 Å². The van der Waals surface area contributed by atoms with Gasteiger partial charge in [-0.25, -0.2) is 4.98 Å². The van der Waals surface area contributed by atoms with Crippen LogP contribution in [0.4, 0.5) is 0 Å². The topological polar surface area (TPSA) is 43.8 Å². The van der Waals surface area contributed by atoms with E-state index in [4.69, 9.17) is 5.73 Å². The summed E-state index contributed by atoms with van der Waals surface area (Å²) in [5.41, 5.74) is 10.5. The van der Waals surface area contributed by atoms with Crippen LogP contribution in [-0.2, 0) is 13.5 Å². The van der Waals surface area contributed by atoms with Gasteiger partial charge in [0.25, 0.3) is 0 Å². The fourth-order valence-corrected chi connectivity index (χ4v) is 2.47. The lowest BCUT2D eigenvalue weighted by Crippen LogP contribution is -2.08. The molecule has 0 aliphatic heterocycles. The highest BCUT2D eigenvalue weighted by Crippen LogP contribution is 2.26. The SMILES string of the molecule is Cc1nc(CCN)n(C)c1-c1ccc(C(C)C)cc1. The summed E-state index contributed by atoms with van der Waals surface area (Å²) in [6.45, 7) is 7.12. The first kappa shape index (κ1) is 13.8. The maximum absolute atomic E-state index is 5.63. The van der Waals surface area contributed by atoms with Gasteiger partial charge in [-0.1, -0.05) is 38.1 Å². The van der Waals surface area contributed by atoms with Gasteiger partial charge in [-0.3, -0.25) is 0 Å². The predicted molar refractivity (Wildman–Crippen MR) is 80.2 cm³/mol. The van der Waals surface area contributed by atoms with Crippen LogP contribution in [0.3, 0.4) is 0 Å². The average Bonchev–Trinajstić information content (AvgIpc) is 2.65. The first-order chi connectivity index (χ1) is 9.04. The van der Waals surface area contributed by atoms with E-state index in [2.05, 4.69) is 61.6 Å². The lowest BCUT2D eigenvalue weighted by molar-refractivity contribution is 0.781. The summed E-state index contributed by atoms with van der Waals surface area (Å²) in [6, 6.07) is 8.78. The lowest BCUT2D eigenvalue weighted by atomic mass is 10.0. The second kappa shape index (κ2) is 5.57. The van der Waals surface area contributed by atoms with E-state index in [0.29, 0.717) is 12.5 Å². The second-order valence-corrected chi connectivity index (χ2v) is 5.34. The molecule has 0 unspecified atom stereocenters. The highest BCUT2D eigenvalue weighted by molar-refractivity contribution is 5.63. The number of imidazole rings is 1. The van der Waals surface area contributed by atoms with Crippen molar-refractivity contribution >= 4 is 0 Å². The Morgan fingerprint density at radius 1 is 1.21 bits per heavy atom. The molecule has 0 radical (unpaired) electrons. The van der Waals surface area contributed by atoms with E-state index in [1.165, 1.54) is 16.8 Å². The molecule has 0 saturated carbocycles. The quantitative estimate of drug-likeness (QED) is 0.915. The smallest absolute Gasteiger partial charge is 0.110 e. The molecule has 2 aromatic rings. The lowest BCUT2D eigenvalue weighted by Gasteiger charge is -2.09. The van der Waals surface area contributed by atoms with E-state index in [0.717, 1.165) is 17.9 Å². The van der Waals surface area contributed by atoms with E-state index < -0.39 is 0 Å². The maximum atomic E-state index is 5.63. The van der Waals surface area contributed by atoms with Crippen LogP contribution in [0.2, 0.25) is 0 Å². The summed E-state index contributed by atoms with van der Waals surface area (Å²) in [5, 5.41) is 0. The van der Waals surface area contributed by atoms with Crippen LogP contribution >= 0.6 is 0 Å². The van der Waals surface area contributed by atoms with Crippen molar-refractivity contribution in [2.24, 2.45) is 12.8 Å². The Morgan fingerprint density at radius 2 is 1.84 bits per heavy atom. The molecule has 0 saturated heterocycles. The van der Waals surface area contributed by atoms with Crippen LogP contribution in [0.5, 0.6) is 0 Å². The molecule has 0 amide bonds. The van der Waals surface area contributed by atoms with Gasteiger partial charge < -0.3 is 10.3 Å². The number of aryl methyl sites for hydroxylation is 1. The van der Waals surface area contributed by atoms with Crippen LogP contribution in [0.1, 0.15) is 36.8 Å². The summed E-state index contributed by atoms with van der Waals surface area (Å²) in [6.07, 6.45) is 0.821. The Morgan fingerprint density at radius 3 is 2.37 bits per heavy atom. The zero-order valence-electron chi connectivity index (χ0n) is 12.3. The summed E-state index contributed by atoms with van der Waals surface area (Å²) >= 11 is 0. The van der Waals surface area contributed by atoms with Gasteiger partial charge in [0.2, 0.25) is 0 Å². The number of hydrogen-bond donors (Lipinski definition) is 1. The van der Waals surface area contributed by atoms with Crippen molar-refractivity contribution in [3.8, 4) is 11.3 Å². The molecule has 0 aliphatic carbocycles. The van der Waals surface area contributed by atoms with E-state index >= 15 is 0 Å². The van der Waals surface area contributed by atoms with E-state index in [9.17, 15) is 0 Å². The van der Waals surface area contributed by atoms with Crippen molar-refractivity contribution in [3.05, 3.63) is 41.3 Å². The highest BCUT2D eigenvalue weighted by atomic mass is 15.1. The van der Waals surface area contributed by atoms with Gasteiger partial charge in [0.15, 0.2) is 0 Å². The molecule has 0 bridgehead atoms. The third-order valence-corrected chi connectivity index (χ3v) is 3.58. The molecular weight excluding hydrogens is 234 g/mol. The molecule has 0 spiro atoms. The van der Waals surface area contributed by atoms with Crippen molar-refractivity contribution in [2.45, 2.75) is 33.1 Å². The van der Waals surface area contributed by atoms with Crippen LogP contribution < -0.4 is 5.73 Å². The van der Waals surface area contributed by atoms with Gasteiger partial charge in [-0.05, 0) is 24.9 Å². The molecule has 102 valence electrons. The molecule has 2 rings (SSSR count). The molecule has 0 atom stereocenters. The zero-order chi connectivity index (χ0) is 14.0. The minimum atomic E-state index is 0.564. The van der Waals surface area contributed by atoms with Crippen molar-refractivity contribution in [3.63, 3.8) is 0 Å². The number of hydrogen-bond acceptors (Lipinski definition) is 2. The van der Waals surface area contributed by atoms with E-state index in [1.807, 2.05) is 0 Å². The summed E-state index contributed by atoms with van der Waals surface area (Å²) in [7, 11) is 2.07. The van der Waals surface area contributed by atoms with Gasteiger partial charge in [-0.2, -0.15) is 0 Å². The van der Waals surface area contributed by atoms with Gasteiger partial charge >= 0.3 is 0 Å². The minimum Gasteiger partial charge on any atom is -0.331 e. The number of benzene rings is 1. The largest absolute Gasteiger partial charge is 0.331 e. The van der Waals surface area contributed by atoms with Crippen molar-refractivity contribution in [1.82, 2.24) is 9.55 Å². The molecule has 1 aromatic heterocycles. The van der Waals surface area contributed by atoms with Crippen LogP contribution in [0.15, 0.2) is 24.3 Å². The Labute approximate surface area is 115 Å². The van der Waals surface area contributed by atoms with Crippen molar-refractivity contribution in [2.75, 3.05) is 6.54 Å². The Kier molecular flexibility index (Phi) is 4.05. The first-order valence-electron chi connectivity index (χ1n) is 6.87. The standard InChI is InChI=1S/C16H23N3/c1-11(2)13-5-7-14(8-6-13)16-12(3)18-15(9-10-17)19(16)4/h5-8,11H,9-10,17H2,1-4H3. The molecule has 0 fully saturated rings. The molecule has 3 heteroatoms. The Balaban J connectivity index is 2.41. The molecule has 1 aromatic carbocycles. The normalized spacial score (nSPS) is 11.3. The molecule has 1 heterocycles. The van der Waals surface area contributed by atoms with E-state index in [1.54, 1.807) is 0 Å². The maximum Gasteiger partial charge on any atom is 0.110 e. The fourth-order valence-electron chi connectivity index (χ4n) is 2.47. The molecule has 3 nitrogen and oxygen atoms in total. The van der Waals surface area contributed by atoms with Crippen LogP contribution in [0.25, 0.3) is 11.3 Å². The molecule has 0 aliphatic rings. The summed E-state index contributed by atoms with van der Waals surface area (Å²) in [5.74, 6) is 1.62. The number of rotatable bonds is 4. The fraction of sp³-hybridized carbons (Fsp3) is 0.438. The number of nitrogens with two attached hydrogens (primary N) is 1. The Bertz CT molecular complexity index is 550.